The fraction of sp³-hybridized carbons (Fsp3) is 0.438. The number of ether oxygens (including phenoxy) is 1. The van der Waals surface area contributed by atoms with Crippen molar-refractivity contribution in [2.45, 2.75) is 37.8 Å². The summed E-state index contributed by atoms with van der Waals surface area (Å²) in [5.74, 6) is 0. The Hall–Kier alpha value is -1.81. The Bertz CT molecular complexity index is 607. The summed E-state index contributed by atoms with van der Waals surface area (Å²) < 4.78 is 8.97. The maximum atomic E-state index is 12.5. The van der Waals surface area contributed by atoms with Gasteiger partial charge in [0, 0.05) is 25.5 Å². The molecule has 1 saturated carbocycles. The quantitative estimate of drug-likeness (QED) is 0.861. The lowest BCUT2D eigenvalue weighted by molar-refractivity contribution is 0.0580. The van der Waals surface area contributed by atoms with Crippen molar-refractivity contribution in [3.05, 3.63) is 53.2 Å². The molecule has 4 heteroatoms. The van der Waals surface area contributed by atoms with Crippen molar-refractivity contribution >= 4 is 0 Å². The Balaban J connectivity index is 1.83. The highest BCUT2D eigenvalue weighted by Crippen LogP contribution is 2.28. The molecule has 0 spiro atoms. The highest BCUT2D eigenvalue weighted by molar-refractivity contribution is 5.31. The first-order valence-corrected chi connectivity index (χ1v) is 7.17. The number of nitrogens with zero attached hydrogens (tertiary/aromatic N) is 2. The molecule has 0 atom stereocenters. The van der Waals surface area contributed by atoms with E-state index in [1.165, 1.54) is 0 Å². The zero-order valence-electron chi connectivity index (χ0n) is 11.7. The van der Waals surface area contributed by atoms with Gasteiger partial charge in [-0.3, -0.25) is 9.13 Å². The topological polar surface area (TPSA) is 36.2 Å². The third kappa shape index (κ3) is 2.43. The summed E-state index contributed by atoms with van der Waals surface area (Å²) in [6.45, 7) is 0. The number of methoxy groups -OCH3 is 1. The van der Waals surface area contributed by atoms with Crippen molar-refractivity contribution in [2.75, 3.05) is 7.11 Å². The minimum absolute atomic E-state index is 0.0528. The molecule has 0 radical (unpaired) electrons. The van der Waals surface area contributed by atoms with E-state index in [-0.39, 0.29) is 5.69 Å². The van der Waals surface area contributed by atoms with Crippen LogP contribution in [0.3, 0.4) is 0 Å². The predicted octanol–water partition coefficient (Wildman–Crippen LogP) is 2.77. The van der Waals surface area contributed by atoms with Crippen LogP contribution in [0.15, 0.2) is 47.5 Å². The van der Waals surface area contributed by atoms with Crippen LogP contribution in [0, 0.1) is 0 Å². The van der Waals surface area contributed by atoms with Crippen molar-refractivity contribution in [3.63, 3.8) is 0 Å². The Morgan fingerprint density at radius 1 is 1.05 bits per heavy atom. The number of aromatic nitrogens is 2. The van der Waals surface area contributed by atoms with Gasteiger partial charge in [0.25, 0.3) is 0 Å². The summed E-state index contributed by atoms with van der Waals surface area (Å²) in [6, 6.07) is 10.1. The van der Waals surface area contributed by atoms with Crippen molar-refractivity contribution in [2.24, 2.45) is 0 Å². The second-order valence-corrected chi connectivity index (χ2v) is 5.36. The Morgan fingerprint density at radius 2 is 1.75 bits per heavy atom. The van der Waals surface area contributed by atoms with E-state index in [1.54, 1.807) is 11.7 Å². The van der Waals surface area contributed by atoms with Gasteiger partial charge in [-0.1, -0.05) is 18.2 Å². The molecule has 1 aliphatic carbocycles. The molecule has 2 aromatic rings. The molecule has 0 amide bonds. The first-order chi connectivity index (χ1) is 9.79. The number of imidazole rings is 1. The van der Waals surface area contributed by atoms with Gasteiger partial charge in [-0.05, 0) is 37.8 Å². The first kappa shape index (κ1) is 13.2. The minimum Gasteiger partial charge on any atom is -0.381 e. The smallest absolute Gasteiger partial charge is 0.332 e. The Morgan fingerprint density at radius 3 is 2.40 bits per heavy atom. The van der Waals surface area contributed by atoms with Crippen LogP contribution in [0.25, 0.3) is 5.69 Å². The maximum Gasteiger partial charge on any atom is 0.332 e. The molecule has 1 aromatic heterocycles. The van der Waals surface area contributed by atoms with Crippen molar-refractivity contribution in [1.29, 1.82) is 0 Å². The lowest BCUT2D eigenvalue weighted by Gasteiger charge is -2.27. The summed E-state index contributed by atoms with van der Waals surface area (Å²) in [7, 11) is 1.77. The molecule has 1 fully saturated rings. The van der Waals surface area contributed by atoms with Crippen molar-refractivity contribution < 1.29 is 4.74 Å². The van der Waals surface area contributed by atoms with Gasteiger partial charge < -0.3 is 4.74 Å². The van der Waals surface area contributed by atoms with E-state index in [2.05, 4.69) is 0 Å². The van der Waals surface area contributed by atoms with Crippen LogP contribution in [0.4, 0.5) is 0 Å². The molecule has 0 saturated heterocycles. The van der Waals surface area contributed by atoms with E-state index in [9.17, 15) is 4.79 Å². The largest absolute Gasteiger partial charge is 0.381 e. The second-order valence-electron chi connectivity index (χ2n) is 5.36. The van der Waals surface area contributed by atoms with Crippen LogP contribution in [0.2, 0.25) is 0 Å². The van der Waals surface area contributed by atoms with E-state index < -0.39 is 0 Å². The normalized spacial score (nSPS) is 22.9. The molecule has 1 aromatic carbocycles. The molecule has 0 bridgehead atoms. The van der Waals surface area contributed by atoms with Gasteiger partial charge in [0.2, 0.25) is 0 Å². The van der Waals surface area contributed by atoms with Crippen molar-refractivity contribution in [1.82, 2.24) is 9.13 Å². The number of para-hydroxylation sites is 1. The van der Waals surface area contributed by atoms with E-state index in [0.717, 1.165) is 31.4 Å². The average Bonchev–Trinajstić information content (AvgIpc) is 2.90. The van der Waals surface area contributed by atoms with Gasteiger partial charge in [-0.15, -0.1) is 0 Å². The van der Waals surface area contributed by atoms with Gasteiger partial charge in [-0.2, -0.15) is 0 Å². The molecule has 0 N–H and O–H groups in total. The van der Waals surface area contributed by atoms with Gasteiger partial charge >= 0.3 is 5.69 Å². The minimum atomic E-state index is 0.0528. The summed E-state index contributed by atoms with van der Waals surface area (Å²) in [5.41, 5.74) is 0.971. The molecule has 4 nitrogen and oxygen atoms in total. The molecule has 0 aliphatic heterocycles. The molecule has 0 unspecified atom stereocenters. The van der Waals surface area contributed by atoms with Crippen LogP contribution in [-0.4, -0.2) is 22.3 Å². The number of hydrogen-bond donors (Lipinski definition) is 0. The Labute approximate surface area is 118 Å². The molecular formula is C16H20N2O2. The van der Waals surface area contributed by atoms with Crippen LogP contribution < -0.4 is 5.69 Å². The van der Waals surface area contributed by atoms with Gasteiger partial charge in [0.1, 0.15) is 0 Å². The van der Waals surface area contributed by atoms with Gasteiger partial charge in [0.05, 0.1) is 11.8 Å². The summed E-state index contributed by atoms with van der Waals surface area (Å²) >= 11 is 0. The Kier molecular flexibility index (Phi) is 3.74. The van der Waals surface area contributed by atoms with E-state index in [4.69, 9.17) is 4.74 Å². The molecule has 1 aliphatic rings. The molecule has 106 valence electrons. The SMILES string of the molecule is COC1CCC(n2ccn(-c3ccccc3)c2=O)CC1. The van der Waals surface area contributed by atoms with Gasteiger partial charge in [-0.25, -0.2) is 4.79 Å². The maximum absolute atomic E-state index is 12.5. The monoisotopic (exact) mass is 272 g/mol. The molecule has 20 heavy (non-hydrogen) atoms. The summed E-state index contributed by atoms with van der Waals surface area (Å²) in [6.07, 6.45) is 8.22. The molecular weight excluding hydrogens is 252 g/mol. The number of benzene rings is 1. The molecule has 1 heterocycles. The van der Waals surface area contributed by atoms with E-state index >= 15 is 0 Å². The standard InChI is InChI=1S/C16H20N2O2/c1-20-15-9-7-14(8-10-15)18-12-11-17(16(18)19)13-5-3-2-4-6-13/h2-6,11-12,14-15H,7-10H2,1H3. The fourth-order valence-electron chi connectivity index (χ4n) is 3.01. The van der Waals surface area contributed by atoms with E-state index in [1.807, 2.05) is 47.3 Å². The second kappa shape index (κ2) is 5.67. The average molecular weight is 272 g/mol. The highest BCUT2D eigenvalue weighted by atomic mass is 16.5. The summed E-state index contributed by atoms with van der Waals surface area (Å²) in [4.78, 5) is 12.5. The zero-order chi connectivity index (χ0) is 13.9. The summed E-state index contributed by atoms with van der Waals surface area (Å²) in [5, 5.41) is 0. The van der Waals surface area contributed by atoms with Gasteiger partial charge in [0.15, 0.2) is 0 Å². The molecule has 3 rings (SSSR count). The lowest BCUT2D eigenvalue weighted by atomic mass is 9.93. The van der Waals surface area contributed by atoms with Crippen LogP contribution in [0.5, 0.6) is 0 Å². The van der Waals surface area contributed by atoms with Crippen LogP contribution >= 0.6 is 0 Å². The predicted molar refractivity (Wildman–Crippen MR) is 78.3 cm³/mol. The third-order valence-corrected chi connectivity index (χ3v) is 4.21. The number of hydrogen-bond acceptors (Lipinski definition) is 2. The lowest BCUT2D eigenvalue weighted by Crippen LogP contribution is -2.30. The van der Waals surface area contributed by atoms with Crippen molar-refractivity contribution in [3.8, 4) is 5.69 Å². The zero-order valence-corrected chi connectivity index (χ0v) is 11.7. The van der Waals surface area contributed by atoms with E-state index in [0.29, 0.717) is 12.1 Å². The fourth-order valence-corrected chi connectivity index (χ4v) is 3.01. The van der Waals surface area contributed by atoms with Crippen LogP contribution in [0.1, 0.15) is 31.7 Å². The van der Waals surface area contributed by atoms with Crippen LogP contribution in [-0.2, 0) is 4.74 Å². The number of rotatable bonds is 3. The third-order valence-electron chi connectivity index (χ3n) is 4.21. The first-order valence-electron chi connectivity index (χ1n) is 7.17. The highest BCUT2D eigenvalue weighted by Gasteiger charge is 2.23.